The molecule has 23 heavy (non-hydrogen) atoms. The SMILES string of the molecule is CCCCC(=O)OC(C(=O)Oc1ccccc1)c1ccncc1. The van der Waals surface area contributed by atoms with Crippen molar-refractivity contribution in [2.24, 2.45) is 0 Å². The molecule has 1 aromatic heterocycles. The van der Waals surface area contributed by atoms with Gasteiger partial charge >= 0.3 is 11.9 Å². The predicted octanol–water partition coefficient (Wildman–Crippen LogP) is 3.46. The molecule has 1 heterocycles. The number of benzene rings is 1. The molecule has 1 aromatic carbocycles. The molecule has 1 unspecified atom stereocenters. The van der Waals surface area contributed by atoms with Gasteiger partial charge < -0.3 is 9.47 Å². The van der Waals surface area contributed by atoms with E-state index < -0.39 is 18.0 Å². The van der Waals surface area contributed by atoms with Crippen LogP contribution in [0.25, 0.3) is 0 Å². The highest BCUT2D eigenvalue weighted by molar-refractivity contribution is 5.82. The first-order valence-corrected chi connectivity index (χ1v) is 7.57. The van der Waals surface area contributed by atoms with E-state index in [0.717, 1.165) is 12.8 Å². The second-order valence-corrected chi connectivity index (χ2v) is 4.99. The Kier molecular flexibility index (Phi) is 6.29. The Morgan fingerprint density at radius 3 is 2.43 bits per heavy atom. The van der Waals surface area contributed by atoms with Crippen LogP contribution in [0, 0.1) is 0 Å². The Balaban J connectivity index is 2.12. The van der Waals surface area contributed by atoms with Gasteiger partial charge in [-0.2, -0.15) is 0 Å². The average Bonchev–Trinajstić information content (AvgIpc) is 2.59. The standard InChI is InChI=1S/C18H19NO4/c1-2-3-9-16(20)23-17(14-10-12-19-13-11-14)18(21)22-15-7-5-4-6-8-15/h4-8,10-13,17H,2-3,9H2,1H3. The van der Waals surface area contributed by atoms with Crippen molar-refractivity contribution in [3.63, 3.8) is 0 Å². The van der Waals surface area contributed by atoms with Crippen LogP contribution in [0.1, 0.15) is 37.9 Å². The molecular formula is C18H19NO4. The first kappa shape index (κ1) is 16.7. The van der Waals surface area contributed by atoms with E-state index in [9.17, 15) is 9.59 Å². The monoisotopic (exact) mass is 313 g/mol. The smallest absolute Gasteiger partial charge is 0.357 e. The second kappa shape index (κ2) is 8.68. The minimum Gasteiger partial charge on any atom is -0.445 e. The van der Waals surface area contributed by atoms with Crippen molar-refractivity contribution in [2.75, 3.05) is 0 Å². The van der Waals surface area contributed by atoms with Gasteiger partial charge in [-0.05, 0) is 30.7 Å². The zero-order valence-electron chi connectivity index (χ0n) is 13.0. The predicted molar refractivity (Wildman–Crippen MR) is 84.7 cm³/mol. The average molecular weight is 313 g/mol. The summed E-state index contributed by atoms with van der Waals surface area (Å²) in [5, 5.41) is 0. The quantitative estimate of drug-likeness (QED) is 0.578. The van der Waals surface area contributed by atoms with Crippen LogP contribution < -0.4 is 4.74 Å². The molecular weight excluding hydrogens is 294 g/mol. The third-order valence-corrected chi connectivity index (χ3v) is 3.17. The van der Waals surface area contributed by atoms with Gasteiger partial charge in [-0.25, -0.2) is 4.79 Å². The zero-order valence-corrected chi connectivity index (χ0v) is 13.0. The number of carbonyl (C=O) groups excluding carboxylic acids is 2. The van der Waals surface area contributed by atoms with E-state index in [1.165, 1.54) is 12.4 Å². The number of pyridine rings is 1. The number of esters is 2. The first-order valence-electron chi connectivity index (χ1n) is 7.57. The van der Waals surface area contributed by atoms with Crippen molar-refractivity contribution in [1.82, 2.24) is 4.98 Å². The summed E-state index contributed by atoms with van der Waals surface area (Å²) in [5.41, 5.74) is 0.533. The van der Waals surface area contributed by atoms with Gasteiger partial charge in [-0.3, -0.25) is 9.78 Å². The lowest BCUT2D eigenvalue weighted by Gasteiger charge is -2.17. The van der Waals surface area contributed by atoms with Crippen LogP contribution in [-0.2, 0) is 14.3 Å². The number of rotatable bonds is 7. The van der Waals surface area contributed by atoms with E-state index in [1.54, 1.807) is 36.4 Å². The molecule has 0 amide bonds. The summed E-state index contributed by atoms with van der Waals surface area (Å²) in [6, 6.07) is 11.9. The van der Waals surface area contributed by atoms with Crippen molar-refractivity contribution in [3.8, 4) is 5.75 Å². The highest BCUT2D eigenvalue weighted by Gasteiger charge is 2.27. The van der Waals surface area contributed by atoms with Crippen molar-refractivity contribution in [3.05, 3.63) is 60.4 Å². The van der Waals surface area contributed by atoms with Crippen LogP contribution in [-0.4, -0.2) is 16.9 Å². The fourth-order valence-electron chi connectivity index (χ4n) is 1.96. The van der Waals surface area contributed by atoms with Gasteiger partial charge in [0.2, 0.25) is 6.10 Å². The maximum absolute atomic E-state index is 12.4. The van der Waals surface area contributed by atoms with E-state index in [2.05, 4.69) is 4.98 Å². The molecule has 0 aliphatic heterocycles. The Bertz CT molecular complexity index is 628. The van der Waals surface area contributed by atoms with E-state index in [1.807, 2.05) is 13.0 Å². The molecule has 0 aliphatic carbocycles. The second-order valence-electron chi connectivity index (χ2n) is 4.99. The molecule has 2 rings (SSSR count). The fraction of sp³-hybridized carbons (Fsp3) is 0.278. The summed E-state index contributed by atoms with van der Waals surface area (Å²) in [4.78, 5) is 28.2. The van der Waals surface area contributed by atoms with E-state index in [4.69, 9.17) is 9.47 Å². The summed E-state index contributed by atoms with van der Waals surface area (Å²) in [6.45, 7) is 1.98. The van der Waals surface area contributed by atoms with Crippen molar-refractivity contribution < 1.29 is 19.1 Å². The van der Waals surface area contributed by atoms with Gasteiger partial charge in [0, 0.05) is 24.4 Å². The van der Waals surface area contributed by atoms with Gasteiger partial charge in [0.25, 0.3) is 0 Å². The number of para-hydroxylation sites is 1. The number of unbranched alkanes of at least 4 members (excludes halogenated alkanes) is 1. The number of carbonyl (C=O) groups is 2. The lowest BCUT2D eigenvalue weighted by Crippen LogP contribution is -2.24. The molecule has 0 aliphatic rings. The molecule has 0 spiro atoms. The molecule has 5 heteroatoms. The zero-order chi connectivity index (χ0) is 16.5. The molecule has 0 radical (unpaired) electrons. The lowest BCUT2D eigenvalue weighted by atomic mass is 10.1. The number of hydrogen-bond acceptors (Lipinski definition) is 5. The molecule has 0 N–H and O–H groups in total. The third-order valence-electron chi connectivity index (χ3n) is 3.17. The summed E-state index contributed by atoms with van der Waals surface area (Å²) in [6.07, 6.45) is 3.86. The summed E-state index contributed by atoms with van der Waals surface area (Å²) < 4.78 is 10.6. The lowest BCUT2D eigenvalue weighted by molar-refractivity contribution is -0.163. The van der Waals surface area contributed by atoms with Gasteiger partial charge in [-0.15, -0.1) is 0 Å². The summed E-state index contributed by atoms with van der Waals surface area (Å²) in [5.74, 6) is -0.646. The molecule has 2 aromatic rings. The molecule has 0 fully saturated rings. The van der Waals surface area contributed by atoms with Crippen molar-refractivity contribution in [2.45, 2.75) is 32.3 Å². The Labute approximate surface area is 135 Å². The molecule has 0 bridgehead atoms. The van der Waals surface area contributed by atoms with Crippen LogP contribution >= 0.6 is 0 Å². The summed E-state index contributed by atoms with van der Waals surface area (Å²) in [7, 11) is 0. The first-order chi connectivity index (χ1) is 11.2. The van der Waals surface area contributed by atoms with Crippen LogP contribution in [0.4, 0.5) is 0 Å². The number of ether oxygens (including phenoxy) is 2. The minimum atomic E-state index is -1.09. The molecule has 1 atom stereocenters. The van der Waals surface area contributed by atoms with Gasteiger partial charge in [0.15, 0.2) is 0 Å². The summed E-state index contributed by atoms with van der Waals surface area (Å²) >= 11 is 0. The van der Waals surface area contributed by atoms with E-state index >= 15 is 0 Å². The van der Waals surface area contributed by atoms with Crippen molar-refractivity contribution in [1.29, 1.82) is 0 Å². The van der Waals surface area contributed by atoms with Crippen LogP contribution in [0.2, 0.25) is 0 Å². The normalized spacial score (nSPS) is 11.5. The van der Waals surface area contributed by atoms with E-state index in [0.29, 0.717) is 11.3 Å². The van der Waals surface area contributed by atoms with Crippen LogP contribution in [0.5, 0.6) is 5.75 Å². The van der Waals surface area contributed by atoms with Gasteiger partial charge in [-0.1, -0.05) is 31.5 Å². The molecule has 5 nitrogen and oxygen atoms in total. The number of nitrogens with zero attached hydrogens (tertiary/aromatic N) is 1. The maximum atomic E-state index is 12.4. The number of aromatic nitrogens is 1. The highest BCUT2D eigenvalue weighted by Crippen LogP contribution is 2.21. The highest BCUT2D eigenvalue weighted by atomic mass is 16.6. The maximum Gasteiger partial charge on any atom is 0.357 e. The van der Waals surface area contributed by atoms with Crippen LogP contribution in [0.15, 0.2) is 54.9 Å². The van der Waals surface area contributed by atoms with Gasteiger partial charge in [0.05, 0.1) is 0 Å². The Hall–Kier alpha value is -2.69. The molecule has 120 valence electrons. The topological polar surface area (TPSA) is 65.5 Å². The Morgan fingerprint density at radius 1 is 1.09 bits per heavy atom. The fourth-order valence-corrected chi connectivity index (χ4v) is 1.96. The van der Waals surface area contributed by atoms with Crippen molar-refractivity contribution >= 4 is 11.9 Å². The third kappa shape index (κ3) is 5.21. The molecule has 0 saturated carbocycles. The van der Waals surface area contributed by atoms with Gasteiger partial charge in [0.1, 0.15) is 5.75 Å². The largest absolute Gasteiger partial charge is 0.445 e. The minimum absolute atomic E-state index is 0.275. The van der Waals surface area contributed by atoms with E-state index in [-0.39, 0.29) is 6.42 Å². The van der Waals surface area contributed by atoms with Crippen LogP contribution in [0.3, 0.4) is 0 Å². The number of hydrogen-bond donors (Lipinski definition) is 0. The molecule has 0 saturated heterocycles. The Morgan fingerprint density at radius 2 is 1.78 bits per heavy atom.